The van der Waals surface area contributed by atoms with E-state index in [1.165, 1.54) is 18.2 Å². The number of nitrogens with zero attached hydrogens (tertiary/aromatic N) is 1. The number of thioether (sulfide) groups is 1. The van der Waals surface area contributed by atoms with Gasteiger partial charge >= 0.3 is 0 Å². The van der Waals surface area contributed by atoms with Crippen molar-refractivity contribution in [1.29, 1.82) is 0 Å². The van der Waals surface area contributed by atoms with Crippen LogP contribution in [0.2, 0.25) is 0 Å². The molecule has 1 unspecified atom stereocenters. The van der Waals surface area contributed by atoms with Crippen molar-refractivity contribution in [3.8, 4) is 5.75 Å². The summed E-state index contributed by atoms with van der Waals surface area (Å²) in [6.45, 7) is 2.26. The first kappa shape index (κ1) is 22.0. The summed E-state index contributed by atoms with van der Waals surface area (Å²) in [6, 6.07) is 14.0. The summed E-state index contributed by atoms with van der Waals surface area (Å²) in [4.78, 5) is 16.2. The number of para-hydroxylation sites is 1. The van der Waals surface area contributed by atoms with Crippen molar-refractivity contribution in [3.63, 3.8) is 0 Å². The lowest BCUT2D eigenvalue weighted by atomic mass is 9.85. The van der Waals surface area contributed by atoms with E-state index < -0.39 is 0 Å². The van der Waals surface area contributed by atoms with Crippen LogP contribution in [-0.2, 0) is 4.79 Å². The molecule has 4 rings (SSSR count). The lowest BCUT2D eigenvalue weighted by Crippen LogP contribution is -2.48. The van der Waals surface area contributed by atoms with Crippen LogP contribution >= 0.6 is 50.3 Å². The second-order valence-electron chi connectivity index (χ2n) is 7.86. The molecule has 1 aliphatic carbocycles. The largest absolute Gasteiger partial charge is 0.506 e. The standard InChI is InChI=1S/C23H24BrIN2O2S/c1-14-7-5-6-10-19(14)27-22(29)20(12-15-11-16(24)13-18(25)21(15)28)30-23(27)26-17-8-3-2-4-9-17/h2-4,8-9,11-14,19,23,26,28H,5-7,10H2,1H3/b20-12-/t14-,19-,23?/m0/s1. The molecule has 7 heteroatoms. The van der Waals surface area contributed by atoms with E-state index >= 15 is 0 Å². The van der Waals surface area contributed by atoms with Crippen LogP contribution in [0.3, 0.4) is 0 Å². The van der Waals surface area contributed by atoms with E-state index in [2.05, 4.69) is 50.8 Å². The predicted octanol–water partition coefficient (Wildman–Crippen LogP) is 6.65. The third-order valence-electron chi connectivity index (χ3n) is 5.77. The summed E-state index contributed by atoms with van der Waals surface area (Å²) in [6.07, 6.45) is 6.40. The van der Waals surface area contributed by atoms with Gasteiger partial charge in [-0.25, -0.2) is 0 Å². The minimum atomic E-state index is -0.162. The maximum absolute atomic E-state index is 13.5. The van der Waals surface area contributed by atoms with Gasteiger partial charge in [-0.05, 0) is 71.7 Å². The Morgan fingerprint density at radius 3 is 2.70 bits per heavy atom. The van der Waals surface area contributed by atoms with Crippen LogP contribution in [0.25, 0.3) is 6.08 Å². The molecule has 0 aromatic heterocycles. The van der Waals surface area contributed by atoms with E-state index in [0.29, 0.717) is 16.4 Å². The Morgan fingerprint density at radius 1 is 1.23 bits per heavy atom. The van der Waals surface area contributed by atoms with Gasteiger partial charge in [-0.3, -0.25) is 4.79 Å². The van der Waals surface area contributed by atoms with Crippen molar-refractivity contribution < 1.29 is 9.90 Å². The number of hydrogen-bond donors (Lipinski definition) is 2. The number of phenolic OH excluding ortho intramolecular Hbond substituents is 1. The van der Waals surface area contributed by atoms with Gasteiger partial charge in [0.05, 0.1) is 8.48 Å². The van der Waals surface area contributed by atoms with Crippen LogP contribution in [0.15, 0.2) is 51.8 Å². The van der Waals surface area contributed by atoms with Crippen molar-refractivity contribution >= 4 is 68.0 Å². The van der Waals surface area contributed by atoms with Crippen molar-refractivity contribution in [2.75, 3.05) is 5.32 Å². The predicted molar refractivity (Wildman–Crippen MR) is 136 cm³/mol. The van der Waals surface area contributed by atoms with Gasteiger partial charge in [0.2, 0.25) is 0 Å². The third kappa shape index (κ3) is 4.67. The molecular formula is C23H24BrIN2O2S. The lowest BCUT2D eigenvalue weighted by Gasteiger charge is -2.39. The van der Waals surface area contributed by atoms with E-state index in [1.807, 2.05) is 53.4 Å². The van der Waals surface area contributed by atoms with Crippen LogP contribution in [0.4, 0.5) is 5.69 Å². The number of carbonyl (C=O) groups is 1. The van der Waals surface area contributed by atoms with Gasteiger partial charge in [-0.2, -0.15) is 0 Å². The fourth-order valence-corrected chi connectivity index (χ4v) is 6.96. The number of hydrogen-bond acceptors (Lipinski definition) is 4. The second kappa shape index (κ2) is 9.53. The van der Waals surface area contributed by atoms with Gasteiger partial charge in [-0.15, -0.1) is 0 Å². The quantitative estimate of drug-likeness (QED) is 0.306. The zero-order valence-electron chi connectivity index (χ0n) is 16.6. The number of nitrogens with one attached hydrogen (secondary N) is 1. The van der Waals surface area contributed by atoms with Crippen LogP contribution in [0, 0.1) is 9.49 Å². The molecule has 4 nitrogen and oxygen atoms in total. The number of benzene rings is 2. The Morgan fingerprint density at radius 2 is 1.97 bits per heavy atom. The average molecular weight is 599 g/mol. The first-order valence-electron chi connectivity index (χ1n) is 10.1. The maximum atomic E-state index is 13.5. The van der Waals surface area contributed by atoms with E-state index in [9.17, 15) is 9.90 Å². The molecule has 158 valence electrons. The van der Waals surface area contributed by atoms with Gasteiger partial charge in [-0.1, -0.05) is 65.7 Å². The molecule has 2 fully saturated rings. The molecule has 1 saturated carbocycles. The van der Waals surface area contributed by atoms with Crippen LogP contribution in [-0.4, -0.2) is 27.5 Å². The second-order valence-corrected chi connectivity index (χ2v) is 11.1. The fraction of sp³-hybridized carbons (Fsp3) is 0.348. The molecule has 1 heterocycles. The molecule has 1 saturated heterocycles. The summed E-state index contributed by atoms with van der Waals surface area (Å²) in [5.41, 5.74) is 1.49. The minimum absolute atomic E-state index is 0.0431. The number of carbonyl (C=O) groups excluding carboxylic acids is 1. The average Bonchev–Trinajstić information content (AvgIpc) is 3.02. The zero-order valence-corrected chi connectivity index (χ0v) is 21.2. The summed E-state index contributed by atoms with van der Waals surface area (Å²) in [5.74, 6) is 0.723. The highest BCUT2D eigenvalue weighted by Gasteiger charge is 2.43. The van der Waals surface area contributed by atoms with Crippen LogP contribution in [0.1, 0.15) is 38.2 Å². The summed E-state index contributed by atoms with van der Waals surface area (Å²) in [5, 5.41) is 14.1. The van der Waals surface area contributed by atoms with Gasteiger partial charge in [0.15, 0.2) is 5.50 Å². The molecule has 2 aromatic rings. The number of amides is 1. The highest BCUT2D eigenvalue weighted by atomic mass is 127. The number of aromatic hydroxyl groups is 1. The summed E-state index contributed by atoms with van der Waals surface area (Å²) >= 11 is 7.13. The third-order valence-corrected chi connectivity index (χ3v) is 8.16. The molecule has 1 amide bonds. The first-order chi connectivity index (χ1) is 14.4. The number of rotatable bonds is 4. The minimum Gasteiger partial charge on any atom is -0.506 e. The van der Waals surface area contributed by atoms with Crippen molar-refractivity contribution in [3.05, 3.63) is 61.0 Å². The Balaban J connectivity index is 1.69. The Hall–Kier alpha value is -1.19. The molecule has 30 heavy (non-hydrogen) atoms. The zero-order chi connectivity index (χ0) is 21.3. The Bertz CT molecular complexity index is 969. The van der Waals surface area contributed by atoms with Crippen molar-refractivity contribution in [2.45, 2.75) is 44.1 Å². The molecule has 0 spiro atoms. The lowest BCUT2D eigenvalue weighted by molar-refractivity contribution is -0.129. The Labute approximate surface area is 203 Å². The molecular weight excluding hydrogens is 575 g/mol. The maximum Gasteiger partial charge on any atom is 0.262 e. The fourth-order valence-electron chi connectivity index (χ4n) is 4.20. The molecule has 2 N–H and O–H groups in total. The number of anilines is 1. The number of halogens is 2. The smallest absolute Gasteiger partial charge is 0.262 e. The molecule has 1 aliphatic heterocycles. The normalized spacial score (nSPS) is 25.7. The molecule has 2 aromatic carbocycles. The van der Waals surface area contributed by atoms with Crippen molar-refractivity contribution in [1.82, 2.24) is 4.90 Å². The molecule has 0 bridgehead atoms. The molecule has 0 radical (unpaired) electrons. The highest BCUT2D eigenvalue weighted by Crippen LogP contribution is 2.43. The summed E-state index contributed by atoms with van der Waals surface area (Å²) < 4.78 is 1.63. The molecule has 2 aliphatic rings. The van der Waals surface area contributed by atoms with Gasteiger partial charge in [0.25, 0.3) is 5.91 Å². The van der Waals surface area contributed by atoms with E-state index in [1.54, 1.807) is 0 Å². The van der Waals surface area contributed by atoms with E-state index in [4.69, 9.17) is 0 Å². The van der Waals surface area contributed by atoms with Gasteiger partial charge in [0, 0.05) is 21.8 Å². The monoisotopic (exact) mass is 598 g/mol. The van der Waals surface area contributed by atoms with Crippen LogP contribution < -0.4 is 5.32 Å². The van der Waals surface area contributed by atoms with Gasteiger partial charge < -0.3 is 15.3 Å². The summed E-state index contributed by atoms with van der Waals surface area (Å²) in [7, 11) is 0. The SMILES string of the molecule is C[C@H]1CCCC[C@@H]1N1C(=O)/C(=C/c2cc(Br)cc(I)c2O)SC1Nc1ccccc1. The number of phenols is 1. The van der Waals surface area contributed by atoms with Gasteiger partial charge in [0.1, 0.15) is 5.75 Å². The topological polar surface area (TPSA) is 52.6 Å². The first-order valence-corrected chi connectivity index (χ1v) is 12.9. The van der Waals surface area contributed by atoms with E-state index in [-0.39, 0.29) is 23.2 Å². The van der Waals surface area contributed by atoms with E-state index in [0.717, 1.165) is 33.0 Å². The Kier molecular flexibility index (Phi) is 6.99. The van der Waals surface area contributed by atoms with Crippen LogP contribution in [0.5, 0.6) is 5.75 Å². The highest BCUT2D eigenvalue weighted by molar-refractivity contribution is 14.1. The molecule has 3 atom stereocenters. The van der Waals surface area contributed by atoms with Crippen molar-refractivity contribution in [2.24, 2.45) is 5.92 Å².